The minimum atomic E-state index is -0.607. The summed E-state index contributed by atoms with van der Waals surface area (Å²) < 4.78 is 14.1. The van der Waals surface area contributed by atoms with E-state index in [1.54, 1.807) is 0 Å². The summed E-state index contributed by atoms with van der Waals surface area (Å²) >= 11 is -0.607. The van der Waals surface area contributed by atoms with E-state index in [0.29, 0.717) is 11.8 Å². The van der Waals surface area contributed by atoms with E-state index in [1.807, 2.05) is 19.9 Å². The standard InChI is InChI=1S/C26H34IN2O4/c1-6-20-10-21(8-17(4)25(20)32-15-19(13-30)14-31)24-12-27-33-26(29-24)22-9-18(5)28-23(11-22)7-16(2)3/h8-12,16,19,30-31H,6-7,13-15H2,1-5H3/q-1. The molecule has 180 valence electrons. The van der Waals surface area contributed by atoms with E-state index >= 15 is 0 Å². The van der Waals surface area contributed by atoms with Crippen LogP contribution in [0.3, 0.4) is 0 Å². The molecule has 0 atom stereocenters. The van der Waals surface area contributed by atoms with Gasteiger partial charge in [0.15, 0.2) is 0 Å². The minimum absolute atomic E-state index is 0.101. The molecular weight excluding hydrogens is 531 g/mol. The summed E-state index contributed by atoms with van der Waals surface area (Å²) in [4.78, 5) is 9.55. The Morgan fingerprint density at radius 1 is 1.06 bits per heavy atom. The molecule has 0 amide bonds. The first-order chi connectivity index (χ1) is 15.8. The van der Waals surface area contributed by atoms with Crippen molar-refractivity contribution in [2.24, 2.45) is 16.8 Å². The first-order valence-electron chi connectivity index (χ1n) is 11.4. The molecule has 0 spiro atoms. The van der Waals surface area contributed by atoms with Crippen LogP contribution < -0.4 is 26.4 Å². The Morgan fingerprint density at radius 2 is 1.82 bits per heavy atom. The van der Waals surface area contributed by atoms with Crippen LogP contribution in [-0.2, 0) is 15.9 Å². The summed E-state index contributed by atoms with van der Waals surface area (Å²) in [7, 11) is 0. The molecule has 2 N–H and O–H groups in total. The number of hydrogen-bond acceptors (Lipinski definition) is 6. The van der Waals surface area contributed by atoms with E-state index in [0.717, 1.165) is 57.9 Å². The zero-order valence-electron chi connectivity index (χ0n) is 20.1. The van der Waals surface area contributed by atoms with Gasteiger partial charge in [0.25, 0.3) is 0 Å². The molecule has 6 nitrogen and oxygen atoms in total. The number of rotatable bonds is 10. The Balaban J connectivity index is 1.90. The zero-order chi connectivity index (χ0) is 24.0. The van der Waals surface area contributed by atoms with Gasteiger partial charge < -0.3 is 0 Å². The van der Waals surface area contributed by atoms with Gasteiger partial charge in [-0.2, -0.15) is 0 Å². The van der Waals surface area contributed by atoms with Crippen molar-refractivity contribution in [1.82, 2.24) is 4.98 Å². The molecule has 1 aliphatic rings. The summed E-state index contributed by atoms with van der Waals surface area (Å²) in [5, 5.41) is 18.7. The van der Waals surface area contributed by atoms with Crippen LogP contribution in [0.4, 0.5) is 0 Å². The number of halogens is 1. The first-order valence-corrected chi connectivity index (χ1v) is 13.5. The maximum absolute atomic E-state index is 9.34. The molecule has 0 radical (unpaired) electrons. The van der Waals surface area contributed by atoms with Crippen molar-refractivity contribution < 1.29 is 39.6 Å². The first kappa shape index (κ1) is 25.6. The molecule has 33 heavy (non-hydrogen) atoms. The summed E-state index contributed by atoms with van der Waals surface area (Å²) in [6.45, 7) is 10.6. The Morgan fingerprint density at radius 3 is 2.48 bits per heavy atom. The topological polar surface area (TPSA) is 84.2 Å². The van der Waals surface area contributed by atoms with Crippen LogP contribution in [0.5, 0.6) is 5.75 Å². The van der Waals surface area contributed by atoms with Crippen molar-refractivity contribution in [3.05, 3.63) is 62.0 Å². The molecule has 0 aliphatic carbocycles. The van der Waals surface area contributed by atoms with E-state index in [2.05, 4.69) is 48.0 Å². The normalized spacial score (nSPS) is 14.0. The number of benzene rings is 1. The molecule has 1 aliphatic heterocycles. The number of aromatic nitrogens is 1. The predicted octanol–water partition coefficient (Wildman–Crippen LogP) is 1.22. The molecular formula is C26H34IN2O4-. The Kier molecular flexibility index (Phi) is 9.28. The number of aliphatic hydroxyl groups is 2. The van der Waals surface area contributed by atoms with Gasteiger partial charge in [-0.1, -0.05) is 0 Å². The van der Waals surface area contributed by atoms with E-state index in [9.17, 15) is 10.2 Å². The van der Waals surface area contributed by atoms with Crippen molar-refractivity contribution in [3.63, 3.8) is 0 Å². The van der Waals surface area contributed by atoms with Gasteiger partial charge in [0, 0.05) is 0 Å². The average molecular weight is 565 g/mol. The fourth-order valence-corrected chi connectivity index (χ4v) is 5.17. The monoisotopic (exact) mass is 565 g/mol. The molecule has 2 aromatic rings. The van der Waals surface area contributed by atoms with Crippen LogP contribution >= 0.6 is 0 Å². The summed E-state index contributed by atoms with van der Waals surface area (Å²) in [5.74, 6) is 1.74. The number of aliphatic imine (C=N–C) groups is 1. The van der Waals surface area contributed by atoms with Gasteiger partial charge in [0.1, 0.15) is 0 Å². The van der Waals surface area contributed by atoms with Gasteiger partial charge in [-0.05, 0) is 0 Å². The second kappa shape index (κ2) is 11.9. The quantitative estimate of drug-likeness (QED) is 0.424. The maximum atomic E-state index is 9.34. The van der Waals surface area contributed by atoms with Crippen LogP contribution in [0.1, 0.15) is 54.4 Å². The van der Waals surface area contributed by atoms with Crippen molar-refractivity contribution >= 4 is 11.6 Å². The molecule has 0 saturated carbocycles. The zero-order valence-corrected chi connectivity index (χ0v) is 22.2. The number of pyridine rings is 1. The molecule has 0 bridgehead atoms. The molecule has 0 fully saturated rings. The molecule has 3 rings (SSSR count). The van der Waals surface area contributed by atoms with Gasteiger partial charge >= 0.3 is 208 Å². The van der Waals surface area contributed by atoms with Crippen LogP contribution in [0.25, 0.3) is 5.70 Å². The second-order valence-corrected chi connectivity index (χ2v) is 10.4. The molecule has 1 aromatic heterocycles. The molecule has 0 unspecified atom stereocenters. The van der Waals surface area contributed by atoms with Crippen LogP contribution in [0.2, 0.25) is 0 Å². The molecule has 7 heteroatoms. The number of aliphatic hydroxyl groups excluding tert-OH is 2. The van der Waals surface area contributed by atoms with Crippen LogP contribution in [0, 0.1) is 25.7 Å². The third kappa shape index (κ3) is 6.77. The fraction of sp³-hybridized carbons (Fsp3) is 0.462. The van der Waals surface area contributed by atoms with E-state index in [-0.39, 0.29) is 25.7 Å². The van der Waals surface area contributed by atoms with Crippen molar-refractivity contribution in [1.29, 1.82) is 0 Å². The molecule has 0 saturated heterocycles. The van der Waals surface area contributed by atoms with E-state index in [1.165, 1.54) is 0 Å². The van der Waals surface area contributed by atoms with Crippen LogP contribution in [0.15, 0.2) is 33.3 Å². The number of aryl methyl sites for hydroxylation is 3. The third-order valence-electron chi connectivity index (χ3n) is 5.37. The summed E-state index contributed by atoms with van der Waals surface area (Å²) in [6, 6.07) is 8.34. The summed E-state index contributed by atoms with van der Waals surface area (Å²) in [5.41, 5.74) is 7.09. The molecule has 1 aromatic carbocycles. The Hall–Kier alpha value is -1.97. The van der Waals surface area contributed by atoms with Crippen molar-refractivity contribution in [2.75, 3.05) is 19.8 Å². The SMILES string of the molecule is CCc1cc(C2=C[I-]OC(c3cc(C)nc(CC(C)C)c3)=N2)cc(C)c1OCC(CO)CO. The van der Waals surface area contributed by atoms with Gasteiger partial charge in [-0.15, -0.1) is 0 Å². The fourth-order valence-electron chi connectivity index (χ4n) is 3.71. The van der Waals surface area contributed by atoms with Crippen LogP contribution in [-0.4, -0.2) is 40.9 Å². The van der Waals surface area contributed by atoms with Gasteiger partial charge in [0.2, 0.25) is 0 Å². The van der Waals surface area contributed by atoms with E-state index < -0.39 is 21.6 Å². The van der Waals surface area contributed by atoms with Gasteiger partial charge in [0.05, 0.1) is 0 Å². The summed E-state index contributed by atoms with van der Waals surface area (Å²) in [6.07, 6.45) is 1.73. The number of nitrogens with zero attached hydrogens (tertiary/aromatic N) is 2. The van der Waals surface area contributed by atoms with Gasteiger partial charge in [-0.3, -0.25) is 0 Å². The van der Waals surface area contributed by atoms with E-state index in [4.69, 9.17) is 12.8 Å². The Labute approximate surface area is 207 Å². The second-order valence-electron chi connectivity index (χ2n) is 8.84. The third-order valence-corrected chi connectivity index (χ3v) is 6.88. The Bertz CT molecular complexity index is 1030. The van der Waals surface area contributed by atoms with Crippen molar-refractivity contribution in [3.8, 4) is 5.75 Å². The average Bonchev–Trinajstić information content (AvgIpc) is 2.79. The number of hydrogen-bond donors (Lipinski definition) is 2. The number of ether oxygens (including phenoxy) is 1. The molecule has 2 heterocycles. The predicted molar refractivity (Wildman–Crippen MR) is 127 cm³/mol. The van der Waals surface area contributed by atoms with Crippen molar-refractivity contribution in [2.45, 2.75) is 47.5 Å². The van der Waals surface area contributed by atoms with Gasteiger partial charge in [-0.25, -0.2) is 0 Å².